The van der Waals surface area contributed by atoms with Gasteiger partial charge < -0.3 is 9.71 Å². The van der Waals surface area contributed by atoms with Crippen LogP contribution in [0.25, 0.3) is 11.1 Å². The van der Waals surface area contributed by atoms with Gasteiger partial charge >= 0.3 is 6.85 Å². The van der Waals surface area contributed by atoms with Crippen LogP contribution in [0.2, 0.25) is 0 Å². The number of rotatable bonds is 1. The highest BCUT2D eigenvalue weighted by atomic mass is 15.2. The maximum Gasteiger partial charge on any atom is 0.329 e. The Bertz CT molecular complexity index is 1120. The van der Waals surface area contributed by atoms with Crippen molar-refractivity contribution in [3.8, 4) is 11.1 Å². The van der Waals surface area contributed by atoms with Crippen molar-refractivity contribution in [2.24, 2.45) is 0 Å². The molecule has 0 N–H and O–H groups in total. The van der Waals surface area contributed by atoms with Gasteiger partial charge in [-0.15, -0.1) is 0 Å². The highest BCUT2D eigenvalue weighted by Crippen LogP contribution is 2.48. The number of benzene rings is 4. The van der Waals surface area contributed by atoms with Crippen LogP contribution in [0.1, 0.15) is 0 Å². The lowest BCUT2D eigenvalue weighted by Crippen LogP contribution is -2.53. The molecule has 28 heavy (non-hydrogen) atoms. The molecule has 0 atom stereocenters. The molecule has 3 heteroatoms. The van der Waals surface area contributed by atoms with Gasteiger partial charge in [-0.1, -0.05) is 72.8 Å². The summed E-state index contributed by atoms with van der Waals surface area (Å²) < 4.78 is 0. The van der Waals surface area contributed by atoms with Gasteiger partial charge in [0.1, 0.15) is 0 Å². The fourth-order valence-electron chi connectivity index (χ4n) is 4.85. The van der Waals surface area contributed by atoms with Crippen molar-refractivity contribution in [1.29, 1.82) is 0 Å². The number of nitrogens with zero attached hydrogens (tertiary/aromatic N) is 2. The van der Waals surface area contributed by atoms with Crippen molar-refractivity contribution in [1.82, 2.24) is 0 Å². The summed E-state index contributed by atoms with van der Waals surface area (Å²) in [5.41, 5.74) is 10.4. The third-order valence-corrected chi connectivity index (χ3v) is 6.06. The Morgan fingerprint density at radius 1 is 0.500 bits per heavy atom. The van der Waals surface area contributed by atoms with Crippen molar-refractivity contribution in [2.45, 2.75) is 0 Å². The van der Waals surface area contributed by atoms with Crippen LogP contribution in [0.15, 0.2) is 97.1 Å². The maximum absolute atomic E-state index is 2.52. The van der Waals surface area contributed by atoms with Crippen LogP contribution < -0.4 is 20.6 Å². The first-order chi connectivity index (χ1) is 13.8. The van der Waals surface area contributed by atoms with Crippen molar-refractivity contribution in [3.63, 3.8) is 0 Å². The second kappa shape index (κ2) is 5.77. The maximum atomic E-state index is 2.52. The van der Waals surface area contributed by atoms with Crippen LogP contribution in [-0.2, 0) is 0 Å². The molecule has 2 aliphatic rings. The Balaban J connectivity index is 1.67. The van der Waals surface area contributed by atoms with Gasteiger partial charge in [0.05, 0.1) is 22.7 Å². The lowest BCUT2D eigenvalue weighted by Gasteiger charge is -2.41. The Labute approximate surface area is 165 Å². The summed E-state index contributed by atoms with van der Waals surface area (Å²) >= 11 is 0. The van der Waals surface area contributed by atoms with Crippen LogP contribution >= 0.6 is 0 Å². The second-order valence-corrected chi connectivity index (χ2v) is 7.48. The molecule has 0 aliphatic carbocycles. The largest absolute Gasteiger partial charge is 0.374 e. The van der Waals surface area contributed by atoms with Crippen LogP contribution in [0.5, 0.6) is 0 Å². The lowest BCUT2D eigenvalue weighted by atomic mass is 9.51. The summed E-state index contributed by atoms with van der Waals surface area (Å²) in [5, 5.41) is 0. The van der Waals surface area contributed by atoms with E-state index in [1.54, 1.807) is 0 Å². The zero-order valence-electron chi connectivity index (χ0n) is 15.7. The van der Waals surface area contributed by atoms with Gasteiger partial charge in [0.15, 0.2) is 0 Å². The standard InChI is InChI=1S/C25H19BN2/c1-27-22-14-6-8-16-24(22)28(25-17-9-7-15-23(25)27)26-20-12-4-2-10-18(20)19-11-3-5-13-21(19)26/h2-17H,1H3. The summed E-state index contributed by atoms with van der Waals surface area (Å²) in [6, 6.07) is 35.1. The summed E-state index contributed by atoms with van der Waals surface area (Å²) in [6.45, 7) is 0.170. The molecule has 0 aromatic heterocycles. The third kappa shape index (κ3) is 1.99. The highest BCUT2D eigenvalue weighted by molar-refractivity contribution is 6.93. The summed E-state index contributed by atoms with van der Waals surface area (Å²) in [4.78, 5) is 4.82. The SMILES string of the molecule is CN1c2ccccc2N(B2c3ccccc3-c3ccccc32)c2ccccc21. The first-order valence-corrected chi connectivity index (χ1v) is 9.74. The van der Waals surface area contributed by atoms with Crippen molar-refractivity contribution >= 4 is 40.5 Å². The molecule has 0 radical (unpaired) electrons. The van der Waals surface area contributed by atoms with Crippen LogP contribution in [0, 0.1) is 0 Å². The van der Waals surface area contributed by atoms with E-state index in [1.807, 2.05) is 0 Å². The molecule has 2 nitrogen and oxygen atoms in total. The van der Waals surface area contributed by atoms with Crippen LogP contribution in [-0.4, -0.2) is 13.9 Å². The average Bonchev–Trinajstić information content (AvgIpc) is 3.09. The molecule has 4 aromatic rings. The summed E-state index contributed by atoms with van der Waals surface area (Å²) in [6.07, 6.45) is 0. The van der Waals surface area contributed by atoms with Crippen LogP contribution in [0.4, 0.5) is 22.7 Å². The number of hydrogen-bond donors (Lipinski definition) is 0. The van der Waals surface area contributed by atoms with E-state index in [0.29, 0.717) is 0 Å². The van der Waals surface area contributed by atoms with Gasteiger partial charge in [0.25, 0.3) is 0 Å². The normalized spacial score (nSPS) is 13.7. The van der Waals surface area contributed by atoms with Gasteiger partial charge in [-0.25, -0.2) is 0 Å². The quantitative estimate of drug-likeness (QED) is 0.456. The Kier molecular flexibility index (Phi) is 3.21. The van der Waals surface area contributed by atoms with E-state index in [0.717, 1.165) is 0 Å². The third-order valence-electron chi connectivity index (χ3n) is 6.06. The van der Waals surface area contributed by atoms with Crippen LogP contribution in [0.3, 0.4) is 0 Å². The Morgan fingerprint density at radius 3 is 1.39 bits per heavy atom. The zero-order valence-corrected chi connectivity index (χ0v) is 15.7. The average molecular weight is 358 g/mol. The van der Waals surface area contributed by atoms with E-state index in [2.05, 4.69) is 114 Å². The predicted octanol–water partition coefficient (Wildman–Crippen LogP) is 4.69. The monoisotopic (exact) mass is 358 g/mol. The van der Waals surface area contributed by atoms with E-state index >= 15 is 0 Å². The van der Waals surface area contributed by atoms with E-state index in [4.69, 9.17) is 0 Å². The van der Waals surface area contributed by atoms with Crippen molar-refractivity contribution < 1.29 is 0 Å². The molecule has 0 amide bonds. The minimum absolute atomic E-state index is 0.170. The van der Waals surface area contributed by atoms with E-state index in [-0.39, 0.29) is 6.85 Å². The fourth-order valence-corrected chi connectivity index (χ4v) is 4.85. The molecular formula is C25H19BN2. The molecule has 2 heterocycles. The van der Waals surface area contributed by atoms with Gasteiger partial charge in [-0.3, -0.25) is 0 Å². The fraction of sp³-hybridized carbons (Fsp3) is 0.0400. The molecule has 0 unspecified atom stereocenters. The molecule has 0 saturated carbocycles. The Morgan fingerprint density at radius 2 is 0.893 bits per heavy atom. The molecule has 0 bridgehead atoms. The molecule has 4 aromatic carbocycles. The number of fused-ring (bicyclic) bond motifs is 5. The van der Waals surface area contributed by atoms with E-state index < -0.39 is 0 Å². The molecule has 0 fully saturated rings. The van der Waals surface area contributed by atoms with E-state index in [9.17, 15) is 0 Å². The predicted molar refractivity (Wildman–Crippen MR) is 120 cm³/mol. The molecule has 6 rings (SSSR count). The van der Waals surface area contributed by atoms with Crippen molar-refractivity contribution in [3.05, 3.63) is 97.1 Å². The first kappa shape index (κ1) is 15.6. The first-order valence-electron chi connectivity index (χ1n) is 9.74. The molecule has 0 spiro atoms. The molecule has 0 saturated heterocycles. The minimum Gasteiger partial charge on any atom is -0.374 e. The van der Waals surface area contributed by atoms with E-state index in [1.165, 1.54) is 44.8 Å². The number of anilines is 4. The molecule has 132 valence electrons. The van der Waals surface area contributed by atoms with Crippen molar-refractivity contribution in [2.75, 3.05) is 16.8 Å². The number of hydrogen-bond acceptors (Lipinski definition) is 2. The molecular weight excluding hydrogens is 339 g/mol. The lowest BCUT2D eigenvalue weighted by molar-refractivity contribution is 1.15. The van der Waals surface area contributed by atoms with Gasteiger partial charge in [-0.05, 0) is 46.3 Å². The van der Waals surface area contributed by atoms with Gasteiger partial charge in [-0.2, -0.15) is 0 Å². The Hall–Kier alpha value is -3.46. The number of para-hydroxylation sites is 4. The molecule has 2 aliphatic heterocycles. The van der Waals surface area contributed by atoms with Gasteiger partial charge in [0.2, 0.25) is 0 Å². The summed E-state index contributed by atoms with van der Waals surface area (Å²) in [7, 11) is 2.16. The zero-order chi connectivity index (χ0) is 18.7. The van der Waals surface area contributed by atoms with Gasteiger partial charge in [0, 0.05) is 7.05 Å². The minimum atomic E-state index is 0.170. The highest BCUT2D eigenvalue weighted by Gasteiger charge is 2.41. The topological polar surface area (TPSA) is 6.48 Å². The second-order valence-electron chi connectivity index (χ2n) is 7.48. The smallest absolute Gasteiger partial charge is 0.329 e. The summed E-state index contributed by atoms with van der Waals surface area (Å²) in [5.74, 6) is 0.